The molecule has 0 aromatic heterocycles. The third-order valence-electron chi connectivity index (χ3n) is 2.21. The van der Waals surface area contributed by atoms with Gasteiger partial charge in [0.25, 0.3) is 0 Å². The standard InChI is InChI=1S/C12H13Cl2N/c1-2-3-4-8-11(15)12-9(13)6-5-7-10(12)14/h1,5-7,11H,3-4,8,15H2. The summed E-state index contributed by atoms with van der Waals surface area (Å²) in [6.07, 6.45) is 7.59. The molecule has 0 radical (unpaired) electrons. The molecule has 15 heavy (non-hydrogen) atoms. The van der Waals surface area contributed by atoms with Crippen molar-refractivity contribution in [2.24, 2.45) is 5.73 Å². The van der Waals surface area contributed by atoms with Gasteiger partial charge in [0.2, 0.25) is 0 Å². The Kier molecular flexibility index (Phi) is 4.98. The van der Waals surface area contributed by atoms with E-state index in [1.54, 1.807) is 12.1 Å². The molecule has 1 rings (SSSR count). The van der Waals surface area contributed by atoms with E-state index in [0.29, 0.717) is 10.0 Å². The van der Waals surface area contributed by atoms with Gasteiger partial charge in [-0.05, 0) is 25.0 Å². The van der Waals surface area contributed by atoms with E-state index in [1.807, 2.05) is 6.07 Å². The minimum absolute atomic E-state index is 0.139. The first-order valence-corrected chi connectivity index (χ1v) is 5.55. The maximum atomic E-state index is 6.03. The molecular weight excluding hydrogens is 229 g/mol. The van der Waals surface area contributed by atoms with Crippen LogP contribution in [0, 0.1) is 12.3 Å². The quantitative estimate of drug-likeness (QED) is 0.630. The molecule has 0 aliphatic heterocycles. The number of halogens is 2. The van der Waals surface area contributed by atoms with E-state index in [9.17, 15) is 0 Å². The molecule has 0 amide bonds. The molecule has 0 aliphatic rings. The Labute approximate surface area is 101 Å². The normalized spacial score (nSPS) is 12.1. The van der Waals surface area contributed by atoms with Gasteiger partial charge in [0.05, 0.1) is 0 Å². The highest BCUT2D eigenvalue weighted by atomic mass is 35.5. The Bertz CT molecular complexity index is 348. The van der Waals surface area contributed by atoms with Crippen molar-refractivity contribution in [2.75, 3.05) is 0 Å². The van der Waals surface area contributed by atoms with Crippen molar-refractivity contribution in [1.29, 1.82) is 0 Å². The summed E-state index contributed by atoms with van der Waals surface area (Å²) in [5, 5.41) is 1.24. The number of rotatable bonds is 4. The van der Waals surface area contributed by atoms with Crippen LogP contribution in [0.2, 0.25) is 10.0 Å². The van der Waals surface area contributed by atoms with Gasteiger partial charge in [0, 0.05) is 28.1 Å². The van der Waals surface area contributed by atoms with Crippen LogP contribution in [-0.4, -0.2) is 0 Å². The molecule has 1 unspecified atom stereocenters. The lowest BCUT2D eigenvalue weighted by Gasteiger charge is -2.14. The molecule has 2 N–H and O–H groups in total. The largest absolute Gasteiger partial charge is 0.324 e. The Morgan fingerprint density at radius 2 is 1.93 bits per heavy atom. The summed E-state index contributed by atoms with van der Waals surface area (Å²) in [4.78, 5) is 0. The van der Waals surface area contributed by atoms with E-state index in [2.05, 4.69) is 5.92 Å². The molecule has 0 bridgehead atoms. The summed E-state index contributed by atoms with van der Waals surface area (Å²) in [5.74, 6) is 2.58. The maximum absolute atomic E-state index is 6.03. The molecular formula is C12H13Cl2N. The average Bonchev–Trinajstić information content (AvgIpc) is 2.18. The van der Waals surface area contributed by atoms with E-state index in [-0.39, 0.29) is 6.04 Å². The number of terminal acetylenes is 1. The summed E-state index contributed by atoms with van der Waals surface area (Å²) in [7, 11) is 0. The fraction of sp³-hybridized carbons (Fsp3) is 0.333. The van der Waals surface area contributed by atoms with E-state index >= 15 is 0 Å². The topological polar surface area (TPSA) is 26.0 Å². The maximum Gasteiger partial charge on any atom is 0.0468 e. The number of hydrogen-bond acceptors (Lipinski definition) is 1. The highest BCUT2D eigenvalue weighted by Crippen LogP contribution is 2.31. The summed E-state index contributed by atoms with van der Waals surface area (Å²) in [6, 6.07) is 5.26. The molecule has 1 aromatic rings. The minimum Gasteiger partial charge on any atom is -0.324 e. The first-order chi connectivity index (χ1) is 7.16. The Hall–Kier alpha value is -0.680. The van der Waals surface area contributed by atoms with Crippen LogP contribution in [0.3, 0.4) is 0 Å². The number of hydrogen-bond donors (Lipinski definition) is 1. The van der Waals surface area contributed by atoms with Crippen LogP contribution in [-0.2, 0) is 0 Å². The third kappa shape index (κ3) is 3.43. The van der Waals surface area contributed by atoms with Gasteiger partial charge in [-0.25, -0.2) is 0 Å². The summed E-state index contributed by atoms with van der Waals surface area (Å²) >= 11 is 12.1. The van der Waals surface area contributed by atoms with Crippen LogP contribution in [0.1, 0.15) is 30.9 Å². The predicted molar refractivity (Wildman–Crippen MR) is 66.1 cm³/mol. The summed E-state index contributed by atoms with van der Waals surface area (Å²) < 4.78 is 0. The zero-order valence-corrected chi connectivity index (χ0v) is 9.85. The second-order valence-electron chi connectivity index (χ2n) is 3.34. The fourth-order valence-corrected chi connectivity index (χ4v) is 2.11. The zero-order valence-electron chi connectivity index (χ0n) is 8.34. The lowest BCUT2D eigenvalue weighted by molar-refractivity contribution is 0.621. The van der Waals surface area contributed by atoms with Crippen LogP contribution < -0.4 is 5.73 Å². The molecule has 3 heteroatoms. The molecule has 0 fully saturated rings. The van der Waals surface area contributed by atoms with Crippen LogP contribution in [0.15, 0.2) is 18.2 Å². The number of benzene rings is 1. The van der Waals surface area contributed by atoms with E-state index in [0.717, 1.165) is 24.8 Å². The van der Waals surface area contributed by atoms with Crippen molar-refractivity contribution < 1.29 is 0 Å². The molecule has 80 valence electrons. The fourth-order valence-electron chi connectivity index (χ4n) is 1.43. The molecule has 0 heterocycles. The van der Waals surface area contributed by atoms with Gasteiger partial charge in [-0.1, -0.05) is 29.3 Å². The Morgan fingerprint density at radius 3 is 2.47 bits per heavy atom. The van der Waals surface area contributed by atoms with E-state index < -0.39 is 0 Å². The molecule has 0 saturated heterocycles. The monoisotopic (exact) mass is 241 g/mol. The van der Waals surface area contributed by atoms with Gasteiger partial charge in [-0.15, -0.1) is 12.3 Å². The van der Waals surface area contributed by atoms with Gasteiger partial charge in [0.1, 0.15) is 0 Å². The van der Waals surface area contributed by atoms with Crippen molar-refractivity contribution in [1.82, 2.24) is 0 Å². The highest BCUT2D eigenvalue weighted by molar-refractivity contribution is 6.36. The smallest absolute Gasteiger partial charge is 0.0468 e. The van der Waals surface area contributed by atoms with E-state index in [4.69, 9.17) is 35.4 Å². The second-order valence-corrected chi connectivity index (χ2v) is 4.15. The van der Waals surface area contributed by atoms with Crippen LogP contribution >= 0.6 is 23.2 Å². The average molecular weight is 242 g/mol. The predicted octanol–water partition coefficient (Wildman–Crippen LogP) is 3.80. The Balaban J connectivity index is 2.73. The van der Waals surface area contributed by atoms with Crippen molar-refractivity contribution in [3.8, 4) is 12.3 Å². The first-order valence-electron chi connectivity index (χ1n) is 4.79. The molecule has 0 spiro atoms. The van der Waals surface area contributed by atoms with Crippen molar-refractivity contribution >= 4 is 23.2 Å². The number of unbranched alkanes of at least 4 members (excludes halogenated alkanes) is 1. The Morgan fingerprint density at radius 1 is 1.33 bits per heavy atom. The van der Waals surface area contributed by atoms with Crippen molar-refractivity contribution in [3.63, 3.8) is 0 Å². The van der Waals surface area contributed by atoms with Crippen molar-refractivity contribution in [2.45, 2.75) is 25.3 Å². The number of nitrogens with two attached hydrogens (primary N) is 1. The molecule has 0 saturated carbocycles. The van der Waals surface area contributed by atoms with Gasteiger partial charge < -0.3 is 5.73 Å². The van der Waals surface area contributed by atoms with Gasteiger partial charge in [0.15, 0.2) is 0 Å². The zero-order chi connectivity index (χ0) is 11.3. The van der Waals surface area contributed by atoms with Crippen LogP contribution in [0.5, 0.6) is 0 Å². The molecule has 1 atom stereocenters. The summed E-state index contributed by atoms with van der Waals surface area (Å²) in [5.41, 5.74) is 6.82. The molecule has 0 aliphatic carbocycles. The van der Waals surface area contributed by atoms with Crippen molar-refractivity contribution in [3.05, 3.63) is 33.8 Å². The lowest BCUT2D eigenvalue weighted by Crippen LogP contribution is -2.11. The van der Waals surface area contributed by atoms with Gasteiger partial charge in [-0.2, -0.15) is 0 Å². The minimum atomic E-state index is -0.139. The van der Waals surface area contributed by atoms with Gasteiger partial charge >= 0.3 is 0 Å². The SMILES string of the molecule is C#CCCCC(N)c1c(Cl)cccc1Cl. The molecule has 1 nitrogen and oxygen atoms in total. The van der Waals surface area contributed by atoms with E-state index in [1.165, 1.54) is 0 Å². The lowest BCUT2D eigenvalue weighted by atomic mass is 10.0. The highest BCUT2D eigenvalue weighted by Gasteiger charge is 2.13. The van der Waals surface area contributed by atoms with Gasteiger partial charge in [-0.3, -0.25) is 0 Å². The third-order valence-corrected chi connectivity index (χ3v) is 2.87. The summed E-state index contributed by atoms with van der Waals surface area (Å²) in [6.45, 7) is 0. The first kappa shape index (κ1) is 12.4. The van der Waals surface area contributed by atoms with Crippen LogP contribution in [0.25, 0.3) is 0 Å². The molecule has 1 aromatic carbocycles. The van der Waals surface area contributed by atoms with Crippen LogP contribution in [0.4, 0.5) is 0 Å². The second kappa shape index (κ2) is 6.02.